The molecule has 0 spiro atoms. The maximum atomic E-state index is 4.18. The number of anilines is 2. The minimum absolute atomic E-state index is 0.907. The van der Waals surface area contributed by atoms with Gasteiger partial charge in [-0.3, -0.25) is 15.8 Å². The van der Waals surface area contributed by atoms with Crippen molar-refractivity contribution in [2.24, 2.45) is 4.99 Å². The first kappa shape index (κ1) is 17.2. The quantitative estimate of drug-likeness (QED) is 0.420. The van der Waals surface area contributed by atoms with E-state index in [0.29, 0.717) is 0 Å². The lowest BCUT2D eigenvalue weighted by Crippen LogP contribution is -2.31. The summed E-state index contributed by atoms with van der Waals surface area (Å²) in [6, 6.07) is 16.9. The maximum Gasteiger partial charge on any atom is 0.0859 e. The number of benzene rings is 2. The SMILES string of the molecule is C=Nc1ccccc1N(CCCNNC)c1cccc(CC)c1. The number of hydrogen-bond acceptors (Lipinski definition) is 4. The van der Waals surface area contributed by atoms with Crippen LogP contribution in [0.2, 0.25) is 0 Å². The van der Waals surface area contributed by atoms with E-state index in [0.717, 1.165) is 37.3 Å². The number of rotatable bonds is 9. The lowest BCUT2D eigenvalue weighted by atomic mass is 10.1. The monoisotopic (exact) mass is 310 g/mol. The van der Waals surface area contributed by atoms with Gasteiger partial charge in [0, 0.05) is 18.8 Å². The highest BCUT2D eigenvalue weighted by Gasteiger charge is 2.12. The van der Waals surface area contributed by atoms with Gasteiger partial charge in [-0.15, -0.1) is 0 Å². The molecule has 0 bridgehead atoms. The third-order valence-corrected chi connectivity index (χ3v) is 3.83. The zero-order valence-corrected chi connectivity index (χ0v) is 14.0. The molecule has 2 aromatic carbocycles. The average molecular weight is 310 g/mol. The van der Waals surface area contributed by atoms with Gasteiger partial charge in [0.25, 0.3) is 0 Å². The summed E-state index contributed by atoms with van der Waals surface area (Å²) < 4.78 is 0. The predicted molar refractivity (Wildman–Crippen MR) is 100 cm³/mol. The highest BCUT2D eigenvalue weighted by Crippen LogP contribution is 2.34. The summed E-state index contributed by atoms with van der Waals surface area (Å²) in [5.41, 5.74) is 10.7. The van der Waals surface area contributed by atoms with Crippen LogP contribution in [0.4, 0.5) is 17.1 Å². The van der Waals surface area contributed by atoms with Crippen molar-refractivity contribution in [1.82, 2.24) is 10.9 Å². The van der Waals surface area contributed by atoms with Gasteiger partial charge in [0.15, 0.2) is 0 Å². The molecule has 0 heterocycles. The Morgan fingerprint density at radius 3 is 2.70 bits per heavy atom. The highest BCUT2D eigenvalue weighted by atomic mass is 15.3. The lowest BCUT2D eigenvalue weighted by Gasteiger charge is -2.27. The van der Waals surface area contributed by atoms with Gasteiger partial charge < -0.3 is 4.90 Å². The molecule has 0 fully saturated rings. The molecule has 4 heteroatoms. The summed E-state index contributed by atoms with van der Waals surface area (Å²) in [5.74, 6) is 0. The molecule has 0 atom stereocenters. The van der Waals surface area contributed by atoms with Gasteiger partial charge in [0.2, 0.25) is 0 Å². The Balaban J connectivity index is 2.32. The van der Waals surface area contributed by atoms with Crippen LogP contribution in [0.1, 0.15) is 18.9 Å². The van der Waals surface area contributed by atoms with Crippen molar-refractivity contribution in [3.05, 3.63) is 54.1 Å². The zero-order chi connectivity index (χ0) is 16.5. The van der Waals surface area contributed by atoms with E-state index in [1.165, 1.54) is 11.3 Å². The van der Waals surface area contributed by atoms with Crippen LogP contribution in [0.15, 0.2) is 53.5 Å². The Hall–Kier alpha value is -2.17. The molecular weight excluding hydrogens is 284 g/mol. The minimum atomic E-state index is 0.907. The smallest absolute Gasteiger partial charge is 0.0859 e. The van der Waals surface area contributed by atoms with Crippen molar-refractivity contribution in [2.75, 3.05) is 25.0 Å². The fraction of sp³-hybridized carbons (Fsp3) is 0.316. The van der Waals surface area contributed by atoms with Crippen LogP contribution in [0.25, 0.3) is 0 Å². The van der Waals surface area contributed by atoms with E-state index in [1.807, 2.05) is 25.2 Å². The van der Waals surface area contributed by atoms with Crippen LogP contribution in [0, 0.1) is 0 Å². The molecule has 0 aromatic heterocycles. The molecular formula is C19H26N4. The van der Waals surface area contributed by atoms with E-state index < -0.39 is 0 Å². The topological polar surface area (TPSA) is 39.7 Å². The van der Waals surface area contributed by atoms with Crippen LogP contribution in [0.5, 0.6) is 0 Å². The number of para-hydroxylation sites is 2. The third kappa shape index (κ3) is 4.65. The van der Waals surface area contributed by atoms with Crippen molar-refractivity contribution < 1.29 is 0 Å². The van der Waals surface area contributed by atoms with Crippen molar-refractivity contribution >= 4 is 23.8 Å². The van der Waals surface area contributed by atoms with Crippen LogP contribution in [0.3, 0.4) is 0 Å². The second-order valence-corrected chi connectivity index (χ2v) is 5.35. The number of hydrogen-bond donors (Lipinski definition) is 2. The Labute approximate surface area is 139 Å². The number of nitrogens with one attached hydrogen (secondary N) is 2. The van der Waals surface area contributed by atoms with Crippen LogP contribution < -0.4 is 15.8 Å². The van der Waals surface area contributed by atoms with Gasteiger partial charge in [-0.2, -0.15) is 0 Å². The molecule has 0 amide bonds. The molecule has 0 saturated carbocycles. The van der Waals surface area contributed by atoms with Crippen LogP contribution in [-0.4, -0.2) is 26.9 Å². The Kier molecular flexibility index (Phi) is 6.78. The normalized spacial score (nSPS) is 10.5. The van der Waals surface area contributed by atoms with Crippen molar-refractivity contribution in [1.29, 1.82) is 0 Å². The third-order valence-electron chi connectivity index (χ3n) is 3.83. The van der Waals surface area contributed by atoms with Gasteiger partial charge in [0.1, 0.15) is 0 Å². The molecule has 0 aliphatic carbocycles. The van der Waals surface area contributed by atoms with Crippen molar-refractivity contribution in [3.63, 3.8) is 0 Å². The number of hydrazine groups is 1. The fourth-order valence-electron chi connectivity index (χ4n) is 2.61. The zero-order valence-electron chi connectivity index (χ0n) is 14.0. The maximum absolute atomic E-state index is 4.18. The first-order valence-corrected chi connectivity index (χ1v) is 8.12. The van der Waals surface area contributed by atoms with E-state index in [4.69, 9.17) is 0 Å². The summed E-state index contributed by atoms with van der Waals surface area (Å²) in [5, 5.41) is 0. The molecule has 0 saturated heterocycles. The fourth-order valence-corrected chi connectivity index (χ4v) is 2.61. The Morgan fingerprint density at radius 1 is 1.13 bits per heavy atom. The highest BCUT2D eigenvalue weighted by molar-refractivity contribution is 5.75. The van der Waals surface area contributed by atoms with Crippen molar-refractivity contribution in [2.45, 2.75) is 19.8 Å². The summed E-state index contributed by atoms with van der Waals surface area (Å²) in [7, 11) is 1.89. The van der Waals surface area contributed by atoms with E-state index in [-0.39, 0.29) is 0 Å². The molecule has 2 rings (SSSR count). The first-order valence-electron chi connectivity index (χ1n) is 8.12. The molecule has 0 unspecified atom stereocenters. The van der Waals surface area contributed by atoms with E-state index in [1.54, 1.807) is 0 Å². The second-order valence-electron chi connectivity index (χ2n) is 5.35. The summed E-state index contributed by atoms with van der Waals surface area (Å²) in [4.78, 5) is 6.50. The number of aliphatic imine (C=N–C) groups is 1. The largest absolute Gasteiger partial charge is 0.340 e. The van der Waals surface area contributed by atoms with Gasteiger partial charge >= 0.3 is 0 Å². The molecule has 4 nitrogen and oxygen atoms in total. The van der Waals surface area contributed by atoms with Crippen LogP contribution >= 0.6 is 0 Å². The minimum Gasteiger partial charge on any atom is -0.340 e. The standard InChI is InChI=1S/C19H26N4/c1-4-16-9-7-10-17(15-16)23(14-8-13-22-21-3)19-12-6-5-11-18(19)20-2/h5-7,9-12,15,21-22H,2,4,8,13-14H2,1,3H3. The summed E-state index contributed by atoms with van der Waals surface area (Å²) >= 11 is 0. The molecule has 122 valence electrons. The first-order chi connectivity index (χ1) is 11.3. The predicted octanol–water partition coefficient (Wildman–Crippen LogP) is 3.83. The lowest BCUT2D eigenvalue weighted by molar-refractivity contribution is 0.577. The molecule has 0 radical (unpaired) electrons. The van der Waals surface area contributed by atoms with Crippen LogP contribution in [-0.2, 0) is 6.42 Å². The van der Waals surface area contributed by atoms with E-state index in [9.17, 15) is 0 Å². The summed E-state index contributed by atoms with van der Waals surface area (Å²) in [6.07, 6.45) is 2.05. The molecule has 23 heavy (non-hydrogen) atoms. The van der Waals surface area contributed by atoms with Gasteiger partial charge in [0.05, 0.1) is 11.4 Å². The Morgan fingerprint density at radius 2 is 1.96 bits per heavy atom. The van der Waals surface area contributed by atoms with Crippen molar-refractivity contribution in [3.8, 4) is 0 Å². The molecule has 0 aliphatic rings. The van der Waals surface area contributed by atoms with E-state index >= 15 is 0 Å². The van der Waals surface area contributed by atoms with Gasteiger partial charge in [-0.1, -0.05) is 31.2 Å². The summed E-state index contributed by atoms with van der Waals surface area (Å²) in [6.45, 7) is 7.71. The number of nitrogens with zero attached hydrogens (tertiary/aromatic N) is 2. The molecule has 2 N–H and O–H groups in total. The van der Waals surface area contributed by atoms with Gasteiger partial charge in [-0.05, 0) is 56.4 Å². The van der Waals surface area contributed by atoms with Gasteiger partial charge in [-0.25, -0.2) is 0 Å². The second kappa shape index (κ2) is 9.08. The average Bonchev–Trinajstić information content (AvgIpc) is 2.62. The van der Waals surface area contributed by atoms with E-state index in [2.05, 4.69) is 64.7 Å². The molecule has 2 aromatic rings. The molecule has 0 aliphatic heterocycles. The Bertz CT molecular complexity index is 624. The number of aryl methyl sites for hydroxylation is 1.